The minimum absolute atomic E-state index is 0.0531. The molecule has 2 rings (SSSR count). The zero-order valence-electron chi connectivity index (χ0n) is 10.6. The van der Waals surface area contributed by atoms with Gasteiger partial charge in [0, 0.05) is 12.2 Å². The van der Waals surface area contributed by atoms with Gasteiger partial charge in [-0.15, -0.1) is 0 Å². The lowest BCUT2D eigenvalue weighted by Crippen LogP contribution is -2.10. The van der Waals surface area contributed by atoms with E-state index in [1.807, 2.05) is 37.3 Å². The molecule has 6 heteroatoms. The third-order valence-electron chi connectivity index (χ3n) is 2.82. The quantitative estimate of drug-likeness (QED) is 0.869. The lowest BCUT2D eigenvalue weighted by atomic mass is 10.1. The fourth-order valence-electron chi connectivity index (χ4n) is 1.73. The molecule has 0 radical (unpaired) electrons. The van der Waals surface area contributed by atoms with Crippen molar-refractivity contribution in [3.8, 4) is 0 Å². The largest absolute Gasteiger partial charge is 0.417 e. The number of rotatable bonds is 3. The summed E-state index contributed by atoms with van der Waals surface area (Å²) in [5.41, 5.74) is 0.130. The maximum atomic E-state index is 12.5. The van der Waals surface area contributed by atoms with Gasteiger partial charge in [0.1, 0.15) is 5.82 Å². The fourth-order valence-corrected chi connectivity index (χ4v) is 1.95. The molecule has 1 unspecified atom stereocenters. The molecular weight excluding hydrogens is 289 g/mol. The number of benzene rings is 1. The lowest BCUT2D eigenvalue weighted by Gasteiger charge is -2.16. The summed E-state index contributed by atoms with van der Waals surface area (Å²) in [7, 11) is 0. The first kappa shape index (κ1) is 14.7. The van der Waals surface area contributed by atoms with Crippen molar-refractivity contribution < 1.29 is 13.2 Å². The maximum Gasteiger partial charge on any atom is 0.417 e. The average Bonchev–Trinajstić information content (AvgIpc) is 2.41. The smallest absolute Gasteiger partial charge is 0.362 e. The molecule has 2 aromatic rings. The molecule has 0 saturated carbocycles. The second kappa shape index (κ2) is 5.71. The van der Waals surface area contributed by atoms with E-state index < -0.39 is 11.7 Å². The topological polar surface area (TPSA) is 24.9 Å². The molecule has 0 aliphatic carbocycles. The van der Waals surface area contributed by atoms with Gasteiger partial charge in [-0.05, 0) is 18.6 Å². The highest BCUT2D eigenvalue weighted by atomic mass is 35.5. The highest BCUT2D eigenvalue weighted by Gasteiger charge is 2.31. The molecule has 1 atom stereocenters. The van der Waals surface area contributed by atoms with Crippen LogP contribution < -0.4 is 5.32 Å². The first-order valence-corrected chi connectivity index (χ1v) is 6.30. The first-order valence-electron chi connectivity index (χ1n) is 5.92. The second-order valence-corrected chi connectivity index (χ2v) is 4.74. The Morgan fingerprint density at radius 3 is 2.40 bits per heavy atom. The molecule has 0 saturated heterocycles. The standard InChI is InChI=1S/C14H12ClF3N2/c1-9(10-5-3-2-4-6-10)20-13-12(15)7-11(8-19-13)14(16,17)18/h2-9H,1H3,(H,19,20). The summed E-state index contributed by atoms with van der Waals surface area (Å²) in [5, 5.41) is 2.94. The minimum atomic E-state index is -4.44. The molecule has 1 N–H and O–H groups in total. The Bertz CT molecular complexity index is 585. The van der Waals surface area contributed by atoms with Crippen LogP contribution in [0.5, 0.6) is 0 Å². The Kier molecular flexibility index (Phi) is 4.18. The second-order valence-electron chi connectivity index (χ2n) is 4.33. The normalized spacial score (nSPS) is 13.1. The summed E-state index contributed by atoms with van der Waals surface area (Å²) in [5.74, 6) is 0.232. The molecule has 106 valence electrons. The van der Waals surface area contributed by atoms with Crippen molar-refractivity contribution in [3.63, 3.8) is 0 Å². The molecule has 0 aliphatic heterocycles. The number of pyridine rings is 1. The van der Waals surface area contributed by atoms with Crippen molar-refractivity contribution >= 4 is 17.4 Å². The van der Waals surface area contributed by atoms with E-state index in [4.69, 9.17) is 11.6 Å². The molecule has 1 aromatic heterocycles. The number of hydrogen-bond donors (Lipinski definition) is 1. The lowest BCUT2D eigenvalue weighted by molar-refractivity contribution is -0.137. The van der Waals surface area contributed by atoms with Gasteiger partial charge in [-0.2, -0.15) is 13.2 Å². The monoisotopic (exact) mass is 300 g/mol. The molecule has 20 heavy (non-hydrogen) atoms. The van der Waals surface area contributed by atoms with E-state index in [2.05, 4.69) is 10.3 Å². The van der Waals surface area contributed by atoms with Crippen LogP contribution in [0.25, 0.3) is 0 Å². The van der Waals surface area contributed by atoms with Crippen molar-refractivity contribution in [2.24, 2.45) is 0 Å². The van der Waals surface area contributed by atoms with E-state index in [-0.39, 0.29) is 16.9 Å². The van der Waals surface area contributed by atoms with Crippen LogP contribution >= 0.6 is 11.6 Å². The Hall–Kier alpha value is -1.75. The van der Waals surface area contributed by atoms with E-state index in [1.165, 1.54) is 0 Å². The number of nitrogens with one attached hydrogen (secondary N) is 1. The number of hydrogen-bond acceptors (Lipinski definition) is 2. The third-order valence-corrected chi connectivity index (χ3v) is 3.11. The maximum absolute atomic E-state index is 12.5. The molecule has 1 aromatic carbocycles. The summed E-state index contributed by atoms with van der Waals surface area (Å²) in [4.78, 5) is 3.75. The first-order chi connectivity index (χ1) is 9.38. The van der Waals surface area contributed by atoms with Crippen molar-refractivity contribution in [2.75, 3.05) is 5.32 Å². The van der Waals surface area contributed by atoms with Gasteiger partial charge in [0.2, 0.25) is 0 Å². The van der Waals surface area contributed by atoms with Gasteiger partial charge < -0.3 is 5.32 Å². The molecule has 0 aliphatic rings. The molecule has 0 fully saturated rings. The molecule has 2 nitrogen and oxygen atoms in total. The van der Waals surface area contributed by atoms with E-state index in [0.717, 1.165) is 17.8 Å². The highest BCUT2D eigenvalue weighted by molar-refractivity contribution is 6.33. The fraction of sp³-hybridized carbons (Fsp3) is 0.214. The Morgan fingerprint density at radius 2 is 1.85 bits per heavy atom. The molecule has 1 heterocycles. The third kappa shape index (κ3) is 3.42. The Morgan fingerprint density at radius 1 is 1.20 bits per heavy atom. The van der Waals surface area contributed by atoms with Gasteiger partial charge >= 0.3 is 6.18 Å². The van der Waals surface area contributed by atoms with Crippen molar-refractivity contribution in [3.05, 3.63) is 58.7 Å². The number of nitrogens with zero attached hydrogens (tertiary/aromatic N) is 1. The van der Waals surface area contributed by atoms with Crippen LogP contribution in [0, 0.1) is 0 Å². The van der Waals surface area contributed by atoms with Gasteiger partial charge in [0.25, 0.3) is 0 Å². The SMILES string of the molecule is CC(Nc1ncc(C(F)(F)F)cc1Cl)c1ccccc1. The summed E-state index contributed by atoms with van der Waals surface area (Å²) in [6.45, 7) is 1.88. The predicted octanol–water partition coefficient (Wildman–Crippen LogP) is 4.93. The van der Waals surface area contributed by atoms with E-state index in [1.54, 1.807) is 0 Å². The van der Waals surface area contributed by atoms with E-state index in [0.29, 0.717) is 0 Å². The van der Waals surface area contributed by atoms with Crippen LogP contribution in [0.1, 0.15) is 24.1 Å². The van der Waals surface area contributed by atoms with E-state index in [9.17, 15) is 13.2 Å². The average molecular weight is 301 g/mol. The molecule has 0 spiro atoms. The van der Waals surface area contributed by atoms with Gasteiger partial charge in [-0.25, -0.2) is 4.98 Å². The van der Waals surface area contributed by atoms with E-state index >= 15 is 0 Å². The van der Waals surface area contributed by atoms with Crippen molar-refractivity contribution in [1.29, 1.82) is 0 Å². The Balaban J connectivity index is 2.18. The summed E-state index contributed by atoms with van der Waals surface area (Å²) >= 11 is 5.84. The van der Waals surface area contributed by atoms with Crippen LogP contribution in [0.3, 0.4) is 0 Å². The van der Waals surface area contributed by atoms with Gasteiger partial charge in [-0.1, -0.05) is 41.9 Å². The van der Waals surface area contributed by atoms with Crippen molar-refractivity contribution in [2.45, 2.75) is 19.1 Å². The highest BCUT2D eigenvalue weighted by Crippen LogP contribution is 2.33. The number of alkyl halides is 3. The van der Waals surface area contributed by atoms with Crippen molar-refractivity contribution in [1.82, 2.24) is 4.98 Å². The number of anilines is 1. The minimum Gasteiger partial charge on any atom is -0.362 e. The van der Waals surface area contributed by atoms with Crippen LogP contribution in [-0.4, -0.2) is 4.98 Å². The molecule has 0 bridgehead atoms. The van der Waals surface area contributed by atoms with Gasteiger partial charge in [0.05, 0.1) is 10.6 Å². The predicted molar refractivity (Wildman–Crippen MR) is 72.7 cm³/mol. The summed E-state index contributed by atoms with van der Waals surface area (Å²) in [6, 6.07) is 10.2. The summed E-state index contributed by atoms with van der Waals surface area (Å²) < 4.78 is 37.5. The van der Waals surface area contributed by atoms with Crippen LogP contribution in [-0.2, 0) is 6.18 Å². The number of halogens is 4. The van der Waals surface area contributed by atoms with Crippen LogP contribution in [0.4, 0.5) is 19.0 Å². The number of aromatic nitrogens is 1. The zero-order valence-corrected chi connectivity index (χ0v) is 11.3. The van der Waals surface area contributed by atoms with Crippen LogP contribution in [0.15, 0.2) is 42.6 Å². The van der Waals surface area contributed by atoms with Gasteiger partial charge in [-0.3, -0.25) is 0 Å². The summed E-state index contributed by atoms with van der Waals surface area (Å²) in [6.07, 6.45) is -3.67. The Labute approximate surface area is 119 Å². The van der Waals surface area contributed by atoms with Crippen LogP contribution in [0.2, 0.25) is 5.02 Å². The molecular formula is C14H12ClF3N2. The van der Waals surface area contributed by atoms with Gasteiger partial charge in [0.15, 0.2) is 0 Å². The molecule has 0 amide bonds. The zero-order chi connectivity index (χ0) is 14.8.